The summed E-state index contributed by atoms with van der Waals surface area (Å²) in [5.74, 6) is -0.933. The fourth-order valence-corrected chi connectivity index (χ4v) is 4.04. The van der Waals surface area contributed by atoms with Gasteiger partial charge in [-0.1, -0.05) is 23.7 Å². The number of ether oxygens (including phenoxy) is 1. The first kappa shape index (κ1) is 16.7. The highest BCUT2D eigenvalue weighted by Crippen LogP contribution is 2.36. The van der Waals surface area contributed by atoms with Gasteiger partial charge >= 0.3 is 5.97 Å². The molecule has 0 aliphatic carbocycles. The number of aliphatic hydroxyl groups is 1. The molecule has 1 aromatic carbocycles. The van der Waals surface area contributed by atoms with E-state index < -0.39 is 12.0 Å². The van der Waals surface area contributed by atoms with Crippen molar-refractivity contribution in [1.29, 1.82) is 0 Å². The Morgan fingerprint density at radius 2 is 2.00 bits per heavy atom. The third kappa shape index (κ3) is 3.54. The number of hydrogen-bond donors (Lipinski definition) is 1. The van der Waals surface area contributed by atoms with E-state index in [9.17, 15) is 9.90 Å². The highest BCUT2D eigenvalue weighted by molar-refractivity contribution is 6.30. The highest BCUT2D eigenvalue weighted by Gasteiger charge is 2.40. The molecule has 2 bridgehead atoms. The van der Waals surface area contributed by atoms with Crippen LogP contribution in [0.3, 0.4) is 0 Å². The van der Waals surface area contributed by atoms with Crippen molar-refractivity contribution in [3.05, 3.63) is 34.9 Å². The van der Waals surface area contributed by atoms with E-state index in [4.69, 9.17) is 16.3 Å². The molecule has 5 atom stereocenters. The molecule has 0 aromatic heterocycles. The molecule has 3 rings (SSSR count). The number of carbonyl (C=O) groups excluding carboxylic acids is 1. The zero-order valence-corrected chi connectivity index (χ0v) is 14.4. The van der Waals surface area contributed by atoms with Gasteiger partial charge in [0.05, 0.1) is 12.0 Å². The van der Waals surface area contributed by atoms with Crippen LogP contribution < -0.4 is 0 Å². The molecule has 2 saturated heterocycles. The van der Waals surface area contributed by atoms with Crippen molar-refractivity contribution in [2.45, 2.75) is 56.9 Å². The Hall–Kier alpha value is -1.10. The van der Waals surface area contributed by atoms with Gasteiger partial charge in [0.25, 0.3) is 0 Å². The maximum Gasteiger partial charge on any atom is 0.311 e. The Morgan fingerprint density at radius 1 is 1.35 bits per heavy atom. The Morgan fingerprint density at radius 3 is 2.61 bits per heavy atom. The Kier molecular flexibility index (Phi) is 4.95. The van der Waals surface area contributed by atoms with Crippen LogP contribution in [-0.2, 0) is 9.53 Å². The Labute approximate surface area is 142 Å². The average Bonchev–Trinajstić information content (AvgIpc) is 2.75. The molecular weight excluding hydrogens is 314 g/mol. The number of halogens is 1. The van der Waals surface area contributed by atoms with Crippen LogP contribution in [0.15, 0.2) is 24.3 Å². The van der Waals surface area contributed by atoms with Gasteiger partial charge in [-0.15, -0.1) is 0 Å². The first-order valence-electron chi connectivity index (χ1n) is 8.31. The van der Waals surface area contributed by atoms with Gasteiger partial charge in [0.1, 0.15) is 6.10 Å². The standard InChI is InChI=1S/C18H24ClNO3/c1-11(17(21)12-4-3-5-13(19)8-12)18(22)23-16-9-14-6-7-15(10-16)20(14)2/h3-5,8,11,14-17,21H,6-7,9-10H2,1-2H3/t11?,14-,15+,16+,17?. The topological polar surface area (TPSA) is 49.8 Å². The zero-order valence-electron chi connectivity index (χ0n) is 13.6. The summed E-state index contributed by atoms with van der Waals surface area (Å²) in [4.78, 5) is 14.8. The molecule has 2 unspecified atom stereocenters. The summed E-state index contributed by atoms with van der Waals surface area (Å²) in [6.07, 6.45) is 3.26. The summed E-state index contributed by atoms with van der Waals surface area (Å²) < 4.78 is 5.70. The molecule has 23 heavy (non-hydrogen) atoms. The number of hydrogen-bond acceptors (Lipinski definition) is 4. The molecule has 4 nitrogen and oxygen atoms in total. The van der Waals surface area contributed by atoms with Gasteiger partial charge in [-0.05, 0) is 57.4 Å². The van der Waals surface area contributed by atoms with E-state index in [1.165, 1.54) is 12.8 Å². The van der Waals surface area contributed by atoms with Crippen molar-refractivity contribution in [2.75, 3.05) is 7.05 Å². The normalized spacial score (nSPS) is 30.0. The van der Waals surface area contributed by atoms with Gasteiger partial charge in [0, 0.05) is 17.1 Å². The molecule has 1 aromatic rings. The summed E-state index contributed by atoms with van der Waals surface area (Å²) >= 11 is 5.95. The van der Waals surface area contributed by atoms with Crippen LogP contribution in [0, 0.1) is 5.92 Å². The van der Waals surface area contributed by atoms with Crippen LogP contribution in [0.5, 0.6) is 0 Å². The maximum atomic E-state index is 12.4. The van der Waals surface area contributed by atoms with Crippen molar-refractivity contribution in [2.24, 2.45) is 5.92 Å². The molecule has 2 aliphatic rings. The minimum atomic E-state index is -0.899. The van der Waals surface area contributed by atoms with Gasteiger partial charge in [-0.25, -0.2) is 0 Å². The second kappa shape index (κ2) is 6.80. The van der Waals surface area contributed by atoms with E-state index in [0.29, 0.717) is 22.7 Å². The number of esters is 1. The molecular formula is C18H24ClNO3. The van der Waals surface area contributed by atoms with Crippen molar-refractivity contribution >= 4 is 17.6 Å². The molecule has 0 spiro atoms. The molecule has 5 heteroatoms. The predicted molar refractivity (Wildman–Crippen MR) is 89.3 cm³/mol. The fraction of sp³-hybridized carbons (Fsp3) is 0.611. The first-order chi connectivity index (χ1) is 11.0. The number of carbonyl (C=O) groups is 1. The monoisotopic (exact) mass is 337 g/mol. The van der Waals surface area contributed by atoms with E-state index >= 15 is 0 Å². The van der Waals surface area contributed by atoms with Gasteiger partial charge in [0.2, 0.25) is 0 Å². The fourth-order valence-electron chi connectivity index (χ4n) is 3.84. The molecule has 2 heterocycles. The lowest BCUT2D eigenvalue weighted by Gasteiger charge is -2.36. The molecule has 126 valence electrons. The van der Waals surface area contributed by atoms with E-state index in [1.807, 2.05) is 0 Å². The number of nitrogens with zero attached hydrogens (tertiary/aromatic N) is 1. The SMILES string of the molecule is CC(C(=O)O[C@H]1C[C@H]2CC[C@@H](C1)N2C)C(O)c1cccc(Cl)c1. The summed E-state index contributed by atoms with van der Waals surface area (Å²) in [5.41, 5.74) is 0.644. The second-order valence-corrected chi connectivity index (χ2v) is 7.31. The zero-order chi connectivity index (χ0) is 16.6. The largest absolute Gasteiger partial charge is 0.462 e. The van der Waals surface area contributed by atoms with E-state index in [1.54, 1.807) is 31.2 Å². The van der Waals surface area contributed by atoms with Crippen molar-refractivity contribution < 1.29 is 14.6 Å². The lowest BCUT2D eigenvalue weighted by molar-refractivity contribution is -0.160. The molecule has 0 radical (unpaired) electrons. The molecule has 0 saturated carbocycles. The molecule has 0 amide bonds. The van der Waals surface area contributed by atoms with Gasteiger partial charge in [-0.2, -0.15) is 0 Å². The minimum Gasteiger partial charge on any atom is -0.462 e. The number of aliphatic hydroxyl groups excluding tert-OH is 1. The van der Waals surface area contributed by atoms with Gasteiger partial charge < -0.3 is 14.7 Å². The van der Waals surface area contributed by atoms with Crippen LogP contribution in [0.1, 0.15) is 44.3 Å². The minimum absolute atomic E-state index is 0.0230. The van der Waals surface area contributed by atoms with E-state index in [0.717, 1.165) is 12.8 Å². The summed E-state index contributed by atoms with van der Waals surface area (Å²) in [5, 5.41) is 11.0. The van der Waals surface area contributed by atoms with Crippen molar-refractivity contribution in [3.63, 3.8) is 0 Å². The second-order valence-electron chi connectivity index (χ2n) is 6.87. The number of benzene rings is 1. The number of piperidine rings is 1. The third-order valence-electron chi connectivity index (χ3n) is 5.37. The summed E-state index contributed by atoms with van der Waals surface area (Å²) in [6, 6.07) is 8.03. The first-order valence-corrected chi connectivity index (χ1v) is 8.69. The smallest absolute Gasteiger partial charge is 0.311 e. The van der Waals surface area contributed by atoms with E-state index in [2.05, 4.69) is 11.9 Å². The van der Waals surface area contributed by atoms with Gasteiger partial charge in [0.15, 0.2) is 0 Å². The molecule has 2 fully saturated rings. The van der Waals surface area contributed by atoms with Crippen LogP contribution in [0.2, 0.25) is 5.02 Å². The summed E-state index contributed by atoms with van der Waals surface area (Å²) in [7, 11) is 2.16. The molecule has 2 aliphatic heterocycles. The predicted octanol–water partition coefficient (Wildman–Crippen LogP) is 3.18. The Bertz CT molecular complexity index is 565. The highest BCUT2D eigenvalue weighted by atomic mass is 35.5. The summed E-state index contributed by atoms with van der Waals surface area (Å²) in [6.45, 7) is 1.71. The van der Waals surface area contributed by atoms with Crippen LogP contribution in [0.4, 0.5) is 0 Å². The maximum absolute atomic E-state index is 12.4. The van der Waals surface area contributed by atoms with Crippen LogP contribution in [-0.4, -0.2) is 41.2 Å². The number of fused-ring (bicyclic) bond motifs is 2. The number of rotatable bonds is 4. The lowest BCUT2D eigenvalue weighted by atomic mass is 9.96. The van der Waals surface area contributed by atoms with Crippen LogP contribution >= 0.6 is 11.6 Å². The van der Waals surface area contributed by atoms with Crippen molar-refractivity contribution in [1.82, 2.24) is 4.90 Å². The lowest BCUT2D eigenvalue weighted by Crippen LogP contribution is -2.44. The third-order valence-corrected chi connectivity index (χ3v) is 5.61. The van der Waals surface area contributed by atoms with Gasteiger partial charge in [-0.3, -0.25) is 4.79 Å². The molecule has 1 N–H and O–H groups in total. The average molecular weight is 338 g/mol. The van der Waals surface area contributed by atoms with Crippen LogP contribution in [0.25, 0.3) is 0 Å². The van der Waals surface area contributed by atoms with Crippen molar-refractivity contribution in [3.8, 4) is 0 Å². The van der Waals surface area contributed by atoms with E-state index in [-0.39, 0.29) is 12.1 Å². The quantitative estimate of drug-likeness (QED) is 0.857. The Balaban J connectivity index is 1.59.